The number of aryl methyl sites for hydroxylation is 1. The van der Waals surface area contributed by atoms with Gasteiger partial charge in [0.1, 0.15) is 0 Å². The maximum absolute atomic E-state index is 5.94. The third-order valence-corrected chi connectivity index (χ3v) is 3.83. The molecule has 2 nitrogen and oxygen atoms in total. The molecule has 2 aromatic rings. The highest BCUT2D eigenvalue weighted by atomic mass is 79.9. The molecule has 88 valence electrons. The maximum Gasteiger partial charge on any atom is 0.0618 e. The Hall–Kier alpha value is -1.00. The second-order valence-electron chi connectivity index (χ2n) is 3.82. The van der Waals surface area contributed by atoms with E-state index in [-0.39, 0.29) is 0 Å². The topological polar surface area (TPSA) is 38.0 Å². The zero-order valence-electron chi connectivity index (χ0n) is 9.30. The minimum Gasteiger partial charge on any atom is -0.397 e. The van der Waals surface area contributed by atoms with Crippen LogP contribution in [0.2, 0.25) is 0 Å². The lowest BCUT2D eigenvalue weighted by Crippen LogP contribution is -1.96. The molecule has 0 aliphatic heterocycles. The lowest BCUT2D eigenvalue weighted by atomic mass is 10.2. The molecule has 0 amide bonds. The Labute approximate surface area is 117 Å². The summed E-state index contributed by atoms with van der Waals surface area (Å²) in [5, 5.41) is 3.30. The first kappa shape index (κ1) is 12.5. The number of anilines is 3. The van der Waals surface area contributed by atoms with Crippen LogP contribution in [0.1, 0.15) is 5.56 Å². The molecule has 0 unspecified atom stereocenters. The lowest BCUT2D eigenvalue weighted by molar-refractivity contribution is 1.41. The van der Waals surface area contributed by atoms with Gasteiger partial charge >= 0.3 is 0 Å². The highest BCUT2D eigenvalue weighted by molar-refractivity contribution is 9.10. The van der Waals surface area contributed by atoms with Crippen LogP contribution in [0.5, 0.6) is 0 Å². The fourth-order valence-electron chi connectivity index (χ4n) is 1.53. The first-order valence-electron chi connectivity index (χ1n) is 5.14. The predicted molar refractivity (Wildman–Crippen MR) is 80.7 cm³/mol. The van der Waals surface area contributed by atoms with E-state index in [4.69, 9.17) is 5.73 Å². The van der Waals surface area contributed by atoms with Gasteiger partial charge in [-0.2, -0.15) is 0 Å². The summed E-state index contributed by atoms with van der Waals surface area (Å²) in [5.41, 5.74) is 9.78. The van der Waals surface area contributed by atoms with E-state index in [1.165, 1.54) is 5.56 Å². The van der Waals surface area contributed by atoms with Gasteiger partial charge in [-0.15, -0.1) is 0 Å². The van der Waals surface area contributed by atoms with E-state index in [1.807, 2.05) is 30.3 Å². The van der Waals surface area contributed by atoms with Crippen molar-refractivity contribution in [2.45, 2.75) is 6.92 Å². The van der Waals surface area contributed by atoms with Crippen LogP contribution in [0.4, 0.5) is 17.1 Å². The third-order valence-electron chi connectivity index (χ3n) is 2.45. The zero-order valence-corrected chi connectivity index (χ0v) is 12.5. The lowest BCUT2D eigenvalue weighted by Gasteiger charge is -2.10. The summed E-state index contributed by atoms with van der Waals surface area (Å²) in [6.07, 6.45) is 0. The average Bonchev–Trinajstić information content (AvgIpc) is 2.27. The largest absolute Gasteiger partial charge is 0.397 e. The third kappa shape index (κ3) is 3.01. The quantitative estimate of drug-likeness (QED) is 0.756. The molecule has 2 aromatic carbocycles. The van der Waals surface area contributed by atoms with Gasteiger partial charge in [0.05, 0.1) is 11.4 Å². The molecule has 0 fully saturated rings. The van der Waals surface area contributed by atoms with Gasteiger partial charge in [-0.3, -0.25) is 0 Å². The smallest absolute Gasteiger partial charge is 0.0618 e. The fraction of sp³-hybridized carbons (Fsp3) is 0.0769. The highest BCUT2D eigenvalue weighted by Gasteiger charge is 2.02. The maximum atomic E-state index is 5.94. The number of hydrogen-bond donors (Lipinski definition) is 2. The van der Waals surface area contributed by atoms with Crippen molar-refractivity contribution in [2.24, 2.45) is 0 Å². The van der Waals surface area contributed by atoms with Crippen molar-refractivity contribution >= 4 is 48.9 Å². The number of nitrogen functional groups attached to an aromatic ring is 1. The first-order valence-corrected chi connectivity index (χ1v) is 6.73. The van der Waals surface area contributed by atoms with E-state index < -0.39 is 0 Å². The molecular formula is C13H12Br2N2. The van der Waals surface area contributed by atoms with Crippen molar-refractivity contribution in [3.63, 3.8) is 0 Å². The van der Waals surface area contributed by atoms with Crippen molar-refractivity contribution in [2.75, 3.05) is 11.1 Å². The second-order valence-corrected chi connectivity index (χ2v) is 5.59. The van der Waals surface area contributed by atoms with E-state index in [2.05, 4.69) is 50.2 Å². The molecule has 0 atom stereocenters. The van der Waals surface area contributed by atoms with Crippen molar-refractivity contribution in [1.82, 2.24) is 0 Å². The van der Waals surface area contributed by atoms with Crippen molar-refractivity contribution in [1.29, 1.82) is 0 Å². The van der Waals surface area contributed by atoms with Gasteiger partial charge in [0.15, 0.2) is 0 Å². The summed E-state index contributed by atoms with van der Waals surface area (Å²) in [6.45, 7) is 2.06. The number of nitrogens with two attached hydrogens (primary N) is 1. The Kier molecular flexibility index (Phi) is 3.74. The number of nitrogens with one attached hydrogen (secondary N) is 1. The second kappa shape index (κ2) is 5.10. The molecule has 0 aliphatic carbocycles. The number of rotatable bonds is 2. The molecule has 2 rings (SSSR count). The van der Waals surface area contributed by atoms with Gasteiger partial charge in [0.25, 0.3) is 0 Å². The predicted octanol–water partition coefficient (Wildman–Crippen LogP) is 4.85. The molecule has 4 heteroatoms. The Morgan fingerprint density at radius 2 is 1.82 bits per heavy atom. The summed E-state index contributed by atoms with van der Waals surface area (Å²) in [7, 11) is 0. The minimum atomic E-state index is 0.722. The van der Waals surface area contributed by atoms with Crippen LogP contribution in [0.25, 0.3) is 0 Å². The Morgan fingerprint density at radius 3 is 2.47 bits per heavy atom. The molecule has 0 bridgehead atoms. The van der Waals surface area contributed by atoms with Gasteiger partial charge in [0.2, 0.25) is 0 Å². The molecule has 0 saturated heterocycles. The van der Waals surface area contributed by atoms with Crippen LogP contribution in [-0.4, -0.2) is 0 Å². The molecule has 0 saturated carbocycles. The monoisotopic (exact) mass is 354 g/mol. The van der Waals surface area contributed by atoms with Crippen molar-refractivity contribution in [3.8, 4) is 0 Å². The van der Waals surface area contributed by atoms with Crippen LogP contribution in [0, 0.1) is 6.92 Å². The van der Waals surface area contributed by atoms with Gasteiger partial charge in [-0.25, -0.2) is 0 Å². The van der Waals surface area contributed by atoms with Crippen molar-refractivity contribution in [3.05, 3.63) is 50.9 Å². The normalized spacial score (nSPS) is 10.3. The minimum absolute atomic E-state index is 0.722. The van der Waals surface area contributed by atoms with Gasteiger partial charge in [-0.05, 0) is 48.9 Å². The zero-order chi connectivity index (χ0) is 12.4. The van der Waals surface area contributed by atoms with Crippen LogP contribution in [-0.2, 0) is 0 Å². The van der Waals surface area contributed by atoms with E-state index >= 15 is 0 Å². The van der Waals surface area contributed by atoms with E-state index in [1.54, 1.807) is 0 Å². The van der Waals surface area contributed by atoms with Crippen LogP contribution in [0.15, 0.2) is 45.3 Å². The molecule has 0 radical (unpaired) electrons. The summed E-state index contributed by atoms with van der Waals surface area (Å²) < 4.78 is 2.08. The van der Waals surface area contributed by atoms with Gasteiger partial charge in [-0.1, -0.05) is 31.9 Å². The number of halogens is 2. The van der Waals surface area contributed by atoms with Crippen molar-refractivity contribution < 1.29 is 0 Å². The summed E-state index contributed by atoms with van der Waals surface area (Å²) in [6, 6.07) is 11.9. The average molecular weight is 356 g/mol. The highest BCUT2D eigenvalue weighted by Crippen LogP contribution is 2.28. The standard InChI is InChI=1S/C13H12Br2N2/c1-8-6-10(3-4-11(8)15)17-13-5-2-9(14)7-12(13)16/h2-7,17H,16H2,1H3. The van der Waals surface area contributed by atoms with E-state index in [9.17, 15) is 0 Å². The fourth-order valence-corrected chi connectivity index (χ4v) is 2.15. The van der Waals surface area contributed by atoms with Crippen LogP contribution < -0.4 is 11.1 Å². The Bertz CT molecular complexity index is 553. The molecular weight excluding hydrogens is 344 g/mol. The molecule has 17 heavy (non-hydrogen) atoms. The summed E-state index contributed by atoms with van der Waals surface area (Å²) in [5.74, 6) is 0. The van der Waals surface area contributed by atoms with E-state index in [0.29, 0.717) is 0 Å². The van der Waals surface area contributed by atoms with E-state index in [0.717, 1.165) is 26.0 Å². The number of benzene rings is 2. The Balaban J connectivity index is 2.28. The Morgan fingerprint density at radius 1 is 1.06 bits per heavy atom. The van der Waals surface area contributed by atoms with Gasteiger partial charge in [0, 0.05) is 14.6 Å². The number of hydrogen-bond acceptors (Lipinski definition) is 2. The molecule has 0 aliphatic rings. The molecule has 0 spiro atoms. The molecule has 0 heterocycles. The SMILES string of the molecule is Cc1cc(Nc2ccc(Br)cc2N)ccc1Br. The van der Waals surface area contributed by atoms with Gasteiger partial charge < -0.3 is 11.1 Å². The summed E-state index contributed by atoms with van der Waals surface area (Å²) >= 11 is 6.87. The molecule has 0 aromatic heterocycles. The summed E-state index contributed by atoms with van der Waals surface area (Å²) in [4.78, 5) is 0. The van der Waals surface area contributed by atoms with Crippen LogP contribution in [0.3, 0.4) is 0 Å². The first-order chi connectivity index (χ1) is 8.06. The van der Waals surface area contributed by atoms with Crippen LogP contribution >= 0.6 is 31.9 Å². The molecule has 3 N–H and O–H groups in total.